The number of nitrogens with one attached hydrogen (secondary N) is 1. The van der Waals surface area contributed by atoms with Crippen molar-refractivity contribution >= 4 is 27.5 Å². The Balaban J connectivity index is 2.36. The van der Waals surface area contributed by atoms with Crippen molar-refractivity contribution in [1.82, 2.24) is 10.2 Å². The Morgan fingerprint density at radius 2 is 1.84 bits per heavy atom. The number of benzene rings is 1. The van der Waals surface area contributed by atoms with Gasteiger partial charge in [0.05, 0.1) is 5.02 Å². The molecule has 19 heavy (non-hydrogen) atoms. The summed E-state index contributed by atoms with van der Waals surface area (Å²) in [6.07, 6.45) is 0. The van der Waals surface area contributed by atoms with Crippen LogP contribution in [-0.4, -0.2) is 30.1 Å². The van der Waals surface area contributed by atoms with Crippen LogP contribution in [0.4, 0.5) is 0 Å². The van der Waals surface area contributed by atoms with Gasteiger partial charge >= 0.3 is 0 Å². The Kier molecular flexibility index (Phi) is 7.37. The van der Waals surface area contributed by atoms with Gasteiger partial charge in [-0.25, -0.2) is 0 Å². The molecule has 0 amide bonds. The van der Waals surface area contributed by atoms with Gasteiger partial charge in [-0.1, -0.05) is 17.7 Å². The maximum atomic E-state index is 5.98. The molecule has 4 heteroatoms. The molecule has 0 aliphatic heterocycles. The van der Waals surface area contributed by atoms with Crippen molar-refractivity contribution < 1.29 is 0 Å². The molecule has 0 heterocycles. The van der Waals surface area contributed by atoms with E-state index in [0.29, 0.717) is 12.1 Å². The van der Waals surface area contributed by atoms with Gasteiger partial charge in [-0.3, -0.25) is 4.90 Å². The first kappa shape index (κ1) is 17.0. The van der Waals surface area contributed by atoms with Crippen LogP contribution in [0.1, 0.15) is 33.3 Å². The molecule has 0 aliphatic carbocycles. The molecule has 0 aliphatic rings. The molecule has 1 aromatic carbocycles. The summed E-state index contributed by atoms with van der Waals surface area (Å²) < 4.78 is 0.958. The lowest BCUT2D eigenvalue weighted by atomic mass is 10.2. The Bertz CT molecular complexity index is 386. The normalized spacial score (nSPS) is 11.8. The highest BCUT2D eigenvalue weighted by Crippen LogP contribution is 2.23. The zero-order valence-corrected chi connectivity index (χ0v) is 14.6. The molecule has 0 radical (unpaired) electrons. The number of halogens is 2. The molecule has 0 unspecified atom stereocenters. The standard InChI is InChI=1S/C15H24BrClN2/c1-11(2)19(12(3)4)8-7-18-10-13-5-6-15(17)14(16)9-13/h5-6,9,11-12,18H,7-8,10H2,1-4H3. The van der Waals surface area contributed by atoms with Gasteiger partial charge in [-0.15, -0.1) is 0 Å². The van der Waals surface area contributed by atoms with Crippen LogP contribution in [0.25, 0.3) is 0 Å². The van der Waals surface area contributed by atoms with Crippen LogP contribution in [0.5, 0.6) is 0 Å². The van der Waals surface area contributed by atoms with E-state index >= 15 is 0 Å². The first-order valence-corrected chi connectivity index (χ1v) is 7.99. The quantitative estimate of drug-likeness (QED) is 0.739. The predicted molar refractivity (Wildman–Crippen MR) is 87.8 cm³/mol. The lowest BCUT2D eigenvalue weighted by Crippen LogP contribution is -2.41. The largest absolute Gasteiger partial charge is 0.311 e. The summed E-state index contributed by atoms with van der Waals surface area (Å²) in [4.78, 5) is 2.49. The minimum Gasteiger partial charge on any atom is -0.311 e. The van der Waals surface area contributed by atoms with Crippen LogP contribution in [0.3, 0.4) is 0 Å². The summed E-state index contributed by atoms with van der Waals surface area (Å²) in [7, 11) is 0. The molecule has 0 bridgehead atoms. The third-order valence-electron chi connectivity index (χ3n) is 3.19. The second-order valence-corrected chi connectivity index (χ2v) is 6.61. The minimum absolute atomic E-state index is 0.589. The highest BCUT2D eigenvalue weighted by Gasteiger charge is 2.12. The van der Waals surface area contributed by atoms with E-state index in [1.165, 1.54) is 5.56 Å². The van der Waals surface area contributed by atoms with Crippen molar-refractivity contribution in [3.8, 4) is 0 Å². The smallest absolute Gasteiger partial charge is 0.0548 e. The second-order valence-electron chi connectivity index (χ2n) is 5.35. The number of hydrogen-bond acceptors (Lipinski definition) is 2. The zero-order valence-electron chi connectivity index (χ0n) is 12.2. The molecule has 0 atom stereocenters. The van der Waals surface area contributed by atoms with E-state index in [4.69, 9.17) is 11.6 Å². The van der Waals surface area contributed by atoms with Crippen LogP contribution < -0.4 is 5.32 Å². The molecule has 0 saturated carbocycles. The van der Waals surface area contributed by atoms with Gasteiger partial charge in [0.2, 0.25) is 0 Å². The highest BCUT2D eigenvalue weighted by molar-refractivity contribution is 9.10. The number of hydrogen-bond donors (Lipinski definition) is 1. The van der Waals surface area contributed by atoms with Crippen molar-refractivity contribution in [2.75, 3.05) is 13.1 Å². The molecular formula is C15H24BrClN2. The fourth-order valence-corrected chi connectivity index (χ4v) is 2.75. The molecule has 108 valence electrons. The summed E-state index contributed by atoms with van der Waals surface area (Å²) in [5, 5.41) is 4.24. The predicted octanol–water partition coefficient (Wildman–Crippen LogP) is 4.31. The average molecular weight is 348 g/mol. The summed E-state index contributed by atoms with van der Waals surface area (Å²) in [6.45, 7) is 11.9. The monoisotopic (exact) mass is 346 g/mol. The van der Waals surface area contributed by atoms with Crippen molar-refractivity contribution in [1.29, 1.82) is 0 Å². The van der Waals surface area contributed by atoms with Crippen molar-refractivity contribution in [2.24, 2.45) is 0 Å². The van der Waals surface area contributed by atoms with Crippen LogP contribution in [0, 0.1) is 0 Å². The lowest BCUT2D eigenvalue weighted by molar-refractivity contribution is 0.176. The maximum Gasteiger partial charge on any atom is 0.0548 e. The van der Waals surface area contributed by atoms with E-state index in [2.05, 4.69) is 66.0 Å². The fraction of sp³-hybridized carbons (Fsp3) is 0.600. The Hall–Kier alpha value is -0.0900. The first-order chi connectivity index (χ1) is 8.91. The zero-order chi connectivity index (χ0) is 14.4. The van der Waals surface area contributed by atoms with Crippen LogP contribution in [-0.2, 0) is 6.54 Å². The molecule has 0 saturated heterocycles. The minimum atomic E-state index is 0.589. The molecule has 1 N–H and O–H groups in total. The van der Waals surface area contributed by atoms with Gasteiger partial charge < -0.3 is 5.32 Å². The molecule has 0 spiro atoms. The van der Waals surface area contributed by atoms with Gasteiger partial charge in [-0.05, 0) is 61.3 Å². The van der Waals surface area contributed by atoms with E-state index in [9.17, 15) is 0 Å². The third-order valence-corrected chi connectivity index (χ3v) is 4.40. The van der Waals surface area contributed by atoms with Crippen LogP contribution >= 0.6 is 27.5 Å². The van der Waals surface area contributed by atoms with Crippen LogP contribution in [0.15, 0.2) is 22.7 Å². The molecule has 1 aromatic rings. The Labute approximate surface area is 130 Å². The maximum absolute atomic E-state index is 5.98. The fourth-order valence-electron chi connectivity index (χ4n) is 2.20. The molecule has 0 fully saturated rings. The number of nitrogens with zero attached hydrogens (tertiary/aromatic N) is 1. The highest BCUT2D eigenvalue weighted by atomic mass is 79.9. The molecule has 1 rings (SSSR count). The Morgan fingerprint density at radius 1 is 1.21 bits per heavy atom. The summed E-state index contributed by atoms with van der Waals surface area (Å²) in [5.74, 6) is 0. The third kappa shape index (κ3) is 5.82. The second kappa shape index (κ2) is 8.25. The average Bonchev–Trinajstić information content (AvgIpc) is 2.32. The van der Waals surface area contributed by atoms with Gasteiger partial charge in [0.25, 0.3) is 0 Å². The molecule has 0 aromatic heterocycles. The molecular weight excluding hydrogens is 324 g/mol. The van der Waals surface area contributed by atoms with Crippen LogP contribution in [0.2, 0.25) is 5.02 Å². The Morgan fingerprint density at radius 3 is 2.37 bits per heavy atom. The van der Waals surface area contributed by atoms with E-state index in [0.717, 1.165) is 29.1 Å². The van der Waals surface area contributed by atoms with E-state index in [-0.39, 0.29) is 0 Å². The number of rotatable bonds is 7. The van der Waals surface area contributed by atoms with Crippen molar-refractivity contribution in [2.45, 2.75) is 46.3 Å². The van der Waals surface area contributed by atoms with Crippen molar-refractivity contribution in [3.63, 3.8) is 0 Å². The summed E-state index contributed by atoms with van der Waals surface area (Å²) in [6, 6.07) is 7.23. The van der Waals surface area contributed by atoms with Gasteiger partial charge in [0.15, 0.2) is 0 Å². The first-order valence-electron chi connectivity index (χ1n) is 6.82. The van der Waals surface area contributed by atoms with Crippen molar-refractivity contribution in [3.05, 3.63) is 33.3 Å². The van der Waals surface area contributed by atoms with E-state index in [1.54, 1.807) is 0 Å². The topological polar surface area (TPSA) is 15.3 Å². The van der Waals surface area contributed by atoms with Gasteiger partial charge in [0, 0.05) is 36.2 Å². The SMILES string of the molecule is CC(C)N(CCNCc1ccc(Cl)c(Br)c1)C(C)C. The summed E-state index contributed by atoms with van der Waals surface area (Å²) in [5.41, 5.74) is 1.25. The molecule has 2 nitrogen and oxygen atoms in total. The van der Waals surface area contributed by atoms with Gasteiger partial charge in [-0.2, -0.15) is 0 Å². The lowest BCUT2D eigenvalue weighted by Gasteiger charge is -2.30. The summed E-state index contributed by atoms with van der Waals surface area (Å²) >= 11 is 9.43. The van der Waals surface area contributed by atoms with E-state index in [1.807, 2.05) is 6.07 Å². The van der Waals surface area contributed by atoms with E-state index < -0.39 is 0 Å². The van der Waals surface area contributed by atoms with Gasteiger partial charge in [0.1, 0.15) is 0 Å².